The zero-order valence-corrected chi connectivity index (χ0v) is 14.8. The molecule has 0 bridgehead atoms. The van der Waals surface area contributed by atoms with Gasteiger partial charge in [0.05, 0.1) is 17.1 Å². The van der Waals surface area contributed by atoms with E-state index in [2.05, 4.69) is 28.3 Å². The second-order valence-electron chi connectivity index (χ2n) is 6.53. The van der Waals surface area contributed by atoms with Crippen LogP contribution in [0.25, 0.3) is 0 Å². The Hall–Kier alpha value is -2.30. The summed E-state index contributed by atoms with van der Waals surface area (Å²) in [5.74, 6) is 0.0595. The van der Waals surface area contributed by atoms with Crippen molar-refractivity contribution in [1.29, 1.82) is 0 Å². The van der Waals surface area contributed by atoms with E-state index >= 15 is 0 Å². The van der Waals surface area contributed by atoms with Crippen LogP contribution in [-0.4, -0.2) is 28.8 Å². The number of rotatable bonds is 5. The van der Waals surface area contributed by atoms with Crippen LogP contribution in [0.5, 0.6) is 0 Å². The van der Waals surface area contributed by atoms with Gasteiger partial charge in [0.1, 0.15) is 0 Å². The number of carbonyl (C=O) groups is 1. The number of hydrogen-bond acceptors (Lipinski definition) is 3. The van der Waals surface area contributed by atoms with E-state index in [4.69, 9.17) is 0 Å². The molecule has 0 spiro atoms. The van der Waals surface area contributed by atoms with Crippen molar-refractivity contribution in [2.75, 3.05) is 23.3 Å². The molecule has 1 aromatic carbocycles. The molecule has 1 aliphatic rings. The van der Waals surface area contributed by atoms with Crippen LogP contribution in [0.4, 0.5) is 11.4 Å². The molecule has 1 amide bonds. The summed E-state index contributed by atoms with van der Waals surface area (Å²) in [6, 6.07) is 8.10. The minimum atomic E-state index is 0.0595. The first-order chi connectivity index (χ1) is 11.6. The van der Waals surface area contributed by atoms with Crippen LogP contribution in [0.1, 0.15) is 36.2 Å². The number of nitrogens with one attached hydrogen (secondary N) is 1. The SMILES string of the molecule is Cc1nn(C)c(C)c1CCC(=O)Nc1ccccc1N1CCCC1. The molecule has 5 nitrogen and oxygen atoms in total. The minimum Gasteiger partial charge on any atom is -0.370 e. The van der Waals surface area contributed by atoms with Gasteiger partial charge in [0.15, 0.2) is 0 Å². The Morgan fingerprint density at radius 3 is 2.58 bits per heavy atom. The van der Waals surface area contributed by atoms with Gasteiger partial charge in [-0.25, -0.2) is 0 Å². The molecule has 0 saturated carbocycles. The fourth-order valence-corrected chi connectivity index (χ4v) is 3.44. The number of aromatic nitrogens is 2. The molecule has 3 rings (SSSR count). The van der Waals surface area contributed by atoms with Crippen molar-refractivity contribution in [3.05, 3.63) is 41.2 Å². The Kier molecular flexibility index (Phi) is 4.88. The molecule has 1 aliphatic heterocycles. The average Bonchev–Trinajstić information content (AvgIpc) is 3.16. The topological polar surface area (TPSA) is 50.2 Å². The lowest BCUT2D eigenvalue weighted by Gasteiger charge is -2.21. The Balaban J connectivity index is 1.65. The first-order valence-corrected chi connectivity index (χ1v) is 8.69. The van der Waals surface area contributed by atoms with E-state index in [0.29, 0.717) is 6.42 Å². The average molecular weight is 326 g/mol. The van der Waals surface area contributed by atoms with E-state index < -0.39 is 0 Å². The highest BCUT2D eigenvalue weighted by molar-refractivity contribution is 5.94. The summed E-state index contributed by atoms with van der Waals surface area (Å²) in [6.45, 7) is 6.20. The zero-order valence-electron chi connectivity index (χ0n) is 14.8. The quantitative estimate of drug-likeness (QED) is 0.918. The lowest BCUT2D eigenvalue weighted by atomic mass is 10.1. The maximum atomic E-state index is 12.4. The predicted octanol–water partition coefficient (Wildman–Crippen LogP) is 3.21. The molecule has 0 radical (unpaired) electrons. The Morgan fingerprint density at radius 2 is 1.92 bits per heavy atom. The van der Waals surface area contributed by atoms with Crippen LogP contribution in [-0.2, 0) is 18.3 Å². The van der Waals surface area contributed by atoms with Crippen molar-refractivity contribution in [1.82, 2.24) is 9.78 Å². The summed E-state index contributed by atoms with van der Waals surface area (Å²) in [7, 11) is 1.94. The van der Waals surface area contributed by atoms with Gasteiger partial charge in [0.25, 0.3) is 0 Å². The van der Waals surface area contributed by atoms with Crippen LogP contribution in [0, 0.1) is 13.8 Å². The maximum absolute atomic E-state index is 12.4. The van der Waals surface area contributed by atoms with E-state index in [1.54, 1.807) is 0 Å². The second kappa shape index (κ2) is 7.07. The number of anilines is 2. The van der Waals surface area contributed by atoms with Gasteiger partial charge >= 0.3 is 0 Å². The van der Waals surface area contributed by atoms with Crippen molar-refractivity contribution in [2.45, 2.75) is 39.5 Å². The van der Waals surface area contributed by atoms with Crippen LogP contribution in [0.3, 0.4) is 0 Å². The number of aryl methyl sites for hydroxylation is 2. The lowest BCUT2D eigenvalue weighted by molar-refractivity contribution is -0.116. The molecule has 128 valence electrons. The van der Waals surface area contributed by atoms with E-state index in [9.17, 15) is 4.79 Å². The predicted molar refractivity (Wildman–Crippen MR) is 97.5 cm³/mol. The summed E-state index contributed by atoms with van der Waals surface area (Å²) >= 11 is 0. The number of nitrogens with zero attached hydrogens (tertiary/aromatic N) is 3. The summed E-state index contributed by atoms with van der Waals surface area (Å²) in [6.07, 6.45) is 3.65. The Labute approximate surface area is 143 Å². The summed E-state index contributed by atoms with van der Waals surface area (Å²) in [4.78, 5) is 14.8. The maximum Gasteiger partial charge on any atom is 0.224 e. The number of amides is 1. The molecule has 1 N–H and O–H groups in total. The third kappa shape index (κ3) is 3.45. The highest BCUT2D eigenvalue weighted by Crippen LogP contribution is 2.28. The van der Waals surface area contributed by atoms with Gasteiger partial charge in [-0.1, -0.05) is 12.1 Å². The molecule has 5 heteroatoms. The number of hydrogen-bond donors (Lipinski definition) is 1. The summed E-state index contributed by atoms with van der Waals surface area (Å²) in [5, 5.41) is 7.51. The second-order valence-corrected chi connectivity index (χ2v) is 6.53. The summed E-state index contributed by atoms with van der Waals surface area (Å²) in [5.41, 5.74) is 5.39. The van der Waals surface area contributed by atoms with Gasteiger partial charge in [-0.05, 0) is 50.8 Å². The van der Waals surface area contributed by atoms with Crippen LogP contribution >= 0.6 is 0 Å². The van der Waals surface area contributed by atoms with Gasteiger partial charge in [-0.15, -0.1) is 0 Å². The summed E-state index contributed by atoms with van der Waals surface area (Å²) < 4.78 is 1.88. The van der Waals surface area contributed by atoms with Crippen molar-refractivity contribution in [3.8, 4) is 0 Å². The van der Waals surface area contributed by atoms with Crippen molar-refractivity contribution in [3.63, 3.8) is 0 Å². The van der Waals surface area contributed by atoms with Gasteiger partial charge in [-0.3, -0.25) is 9.48 Å². The highest BCUT2D eigenvalue weighted by Gasteiger charge is 2.17. The molecule has 0 unspecified atom stereocenters. The van der Waals surface area contributed by atoms with Crippen molar-refractivity contribution >= 4 is 17.3 Å². The van der Waals surface area contributed by atoms with Crippen LogP contribution < -0.4 is 10.2 Å². The molecule has 1 saturated heterocycles. The molecule has 2 heterocycles. The number of carbonyl (C=O) groups excluding carboxylic acids is 1. The first-order valence-electron chi connectivity index (χ1n) is 8.69. The molecule has 1 aromatic heterocycles. The number of para-hydroxylation sites is 2. The minimum absolute atomic E-state index is 0.0595. The van der Waals surface area contributed by atoms with E-state index in [0.717, 1.165) is 42.3 Å². The molecule has 0 atom stereocenters. The third-order valence-corrected chi connectivity index (χ3v) is 4.89. The standard InChI is InChI=1S/C19H26N4O/c1-14-16(15(2)22(3)21-14)10-11-19(24)20-17-8-4-5-9-18(17)23-12-6-7-13-23/h4-5,8-9H,6-7,10-13H2,1-3H3,(H,20,24). The Bertz CT molecular complexity index is 729. The normalized spacial score (nSPS) is 14.2. The van der Waals surface area contributed by atoms with Gasteiger partial charge in [-0.2, -0.15) is 5.10 Å². The molecular formula is C19H26N4O. The van der Waals surface area contributed by atoms with Crippen LogP contribution in [0.15, 0.2) is 24.3 Å². The molecule has 1 fully saturated rings. The van der Waals surface area contributed by atoms with Gasteiger partial charge in [0, 0.05) is 32.3 Å². The van der Waals surface area contributed by atoms with Crippen molar-refractivity contribution < 1.29 is 4.79 Å². The fourth-order valence-electron chi connectivity index (χ4n) is 3.44. The van der Waals surface area contributed by atoms with Gasteiger partial charge < -0.3 is 10.2 Å². The smallest absolute Gasteiger partial charge is 0.224 e. The van der Waals surface area contributed by atoms with E-state index in [-0.39, 0.29) is 5.91 Å². The van der Waals surface area contributed by atoms with E-state index in [1.807, 2.05) is 36.9 Å². The largest absolute Gasteiger partial charge is 0.370 e. The van der Waals surface area contributed by atoms with Gasteiger partial charge in [0.2, 0.25) is 5.91 Å². The fraction of sp³-hybridized carbons (Fsp3) is 0.474. The third-order valence-electron chi connectivity index (χ3n) is 4.89. The van der Waals surface area contributed by atoms with Crippen LogP contribution in [0.2, 0.25) is 0 Å². The number of benzene rings is 1. The monoisotopic (exact) mass is 326 g/mol. The van der Waals surface area contributed by atoms with E-state index in [1.165, 1.54) is 18.4 Å². The molecule has 2 aromatic rings. The molecule has 0 aliphatic carbocycles. The lowest BCUT2D eigenvalue weighted by Crippen LogP contribution is -2.21. The first kappa shape index (κ1) is 16.6. The molecular weight excluding hydrogens is 300 g/mol. The highest BCUT2D eigenvalue weighted by atomic mass is 16.1. The van der Waals surface area contributed by atoms with Crippen molar-refractivity contribution in [2.24, 2.45) is 7.05 Å². The zero-order chi connectivity index (χ0) is 17.1. The molecule has 24 heavy (non-hydrogen) atoms. The Morgan fingerprint density at radius 1 is 1.21 bits per heavy atom.